The number of carbonyl (C=O) groups is 1. The van der Waals surface area contributed by atoms with Gasteiger partial charge >= 0.3 is 0 Å². The van der Waals surface area contributed by atoms with Crippen LogP contribution < -0.4 is 0 Å². The van der Waals surface area contributed by atoms with E-state index in [1.807, 2.05) is 36.7 Å². The van der Waals surface area contributed by atoms with Crippen molar-refractivity contribution in [3.63, 3.8) is 0 Å². The van der Waals surface area contributed by atoms with E-state index in [0.29, 0.717) is 31.0 Å². The summed E-state index contributed by atoms with van der Waals surface area (Å²) in [4.78, 5) is 19.0. The molecular weight excluding hydrogens is 288 g/mol. The second-order valence-corrected chi connectivity index (χ2v) is 6.30. The van der Waals surface area contributed by atoms with Gasteiger partial charge in [0, 0.05) is 25.7 Å². The number of benzene rings is 1. The molecular formula is C18H24N4O. The maximum absolute atomic E-state index is 12.8. The van der Waals surface area contributed by atoms with Crippen LogP contribution in [-0.4, -0.2) is 33.4 Å². The van der Waals surface area contributed by atoms with Crippen LogP contribution in [0.15, 0.2) is 18.2 Å². The Bertz CT molecular complexity index is 739. The van der Waals surface area contributed by atoms with E-state index in [9.17, 15) is 4.79 Å². The van der Waals surface area contributed by atoms with Crippen LogP contribution in [0, 0.1) is 24.2 Å². The van der Waals surface area contributed by atoms with Crippen LogP contribution in [0.4, 0.5) is 0 Å². The second-order valence-electron chi connectivity index (χ2n) is 6.30. The zero-order valence-corrected chi connectivity index (χ0v) is 14.3. The maximum Gasteiger partial charge on any atom is 0.253 e. The standard InChI is InChI=1S/C18H24N4O/c1-13(2)8-11-22(10-5-9-19)18(23)15-6-7-17-16(12-15)20-14(3)21(17)4/h6-7,12-13H,5,8,10-11H2,1-4H3. The van der Waals surface area contributed by atoms with E-state index < -0.39 is 0 Å². The summed E-state index contributed by atoms with van der Waals surface area (Å²) in [5.41, 5.74) is 2.49. The molecule has 1 heterocycles. The number of rotatable bonds is 6. The SMILES string of the molecule is Cc1nc2cc(C(=O)N(CCC#N)CCC(C)C)ccc2n1C. The molecule has 0 saturated carbocycles. The predicted molar refractivity (Wildman–Crippen MR) is 91.0 cm³/mol. The number of imidazole rings is 1. The number of nitrogens with zero attached hydrogens (tertiary/aromatic N) is 4. The highest BCUT2D eigenvalue weighted by molar-refractivity contribution is 5.97. The van der Waals surface area contributed by atoms with Crippen molar-refractivity contribution in [1.82, 2.24) is 14.5 Å². The van der Waals surface area contributed by atoms with Gasteiger partial charge in [-0.1, -0.05) is 13.8 Å². The number of nitriles is 1. The minimum atomic E-state index is -0.0221. The van der Waals surface area contributed by atoms with Gasteiger partial charge < -0.3 is 9.47 Å². The van der Waals surface area contributed by atoms with Gasteiger partial charge in [0.1, 0.15) is 5.82 Å². The fourth-order valence-corrected chi connectivity index (χ4v) is 2.55. The molecule has 2 aromatic rings. The molecule has 0 aliphatic carbocycles. The lowest BCUT2D eigenvalue weighted by molar-refractivity contribution is 0.0752. The Morgan fingerprint density at radius 3 is 2.78 bits per heavy atom. The van der Waals surface area contributed by atoms with E-state index in [-0.39, 0.29) is 5.91 Å². The quantitative estimate of drug-likeness (QED) is 0.822. The molecule has 0 atom stereocenters. The molecule has 0 saturated heterocycles. The molecule has 2 rings (SSSR count). The van der Waals surface area contributed by atoms with Crippen LogP contribution in [0.3, 0.4) is 0 Å². The molecule has 1 aromatic carbocycles. The van der Waals surface area contributed by atoms with E-state index in [2.05, 4.69) is 24.9 Å². The molecule has 0 aliphatic rings. The van der Waals surface area contributed by atoms with Crippen molar-refractivity contribution in [3.8, 4) is 6.07 Å². The number of aryl methyl sites for hydroxylation is 2. The first-order valence-electron chi connectivity index (χ1n) is 8.03. The van der Waals surface area contributed by atoms with Crippen LogP contribution in [0.2, 0.25) is 0 Å². The second kappa shape index (κ2) is 7.28. The molecule has 1 aromatic heterocycles. The lowest BCUT2D eigenvalue weighted by Crippen LogP contribution is -2.33. The molecule has 0 N–H and O–H groups in total. The Morgan fingerprint density at radius 2 is 2.13 bits per heavy atom. The van der Waals surface area contributed by atoms with Crippen molar-refractivity contribution in [3.05, 3.63) is 29.6 Å². The summed E-state index contributed by atoms with van der Waals surface area (Å²) in [7, 11) is 1.97. The van der Waals surface area contributed by atoms with Gasteiger partial charge in [-0.05, 0) is 37.5 Å². The average Bonchev–Trinajstić information content (AvgIpc) is 2.81. The largest absolute Gasteiger partial charge is 0.338 e. The van der Waals surface area contributed by atoms with Gasteiger partial charge in [-0.15, -0.1) is 0 Å². The molecule has 0 radical (unpaired) electrons. The fourth-order valence-electron chi connectivity index (χ4n) is 2.55. The molecule has 0 fully saturated rings. The summed E-state index contributed by atoms with van der Waals surface area (Å²) in [5, 5.41) is 8.82. The van der Waals surface area contributed by atoms with Gasteiger partial charge in [0.2, 0.25) is 0 Å². The monoisotopic (exact) mass is 312 g/mol. The minimum Gasteiger partial charge on any atom is -0.338 e. The van der Waals surface area contributed by atoms with Gasteiger partial charge in [0.25, 0.3) is 5.91 Å². The minimum absolute atomic E-state index is 0.0221. The number of carbonyl (C=O) groups excluding carboxylic acids is 1. The Labute approximate surface area is 137 Å². The number of amides is 1. The summed E-state index contributed by atoms with van der Waals surface area (Å²) >= 11 is 0. The Balaban J connectivity index is 2.25. The van der Waals surface area contributed by atoms with Crippen molar-refractivity contribution in [1.29, 1.82) is 5.26 Å². The molecule has 0 bridgehead atoms. The van der Waals surface area contributed by atoms with Gasteiger partial charge in [-0.2, -0.15) is 5.26 Å². The highest BCUT2D eigenvalue weighted by atomic mass is 16.2. The highest BCUT2D eigenvalue weighted by Crippen LogP contribution is 2.18. The van der Waals surface area contributed by atoms with Crippen LogP contribution >= 0.6 is 0 Å². The van der Waals surface area contributed by atoms with Crippen LogP contribution in [0.25, 0.3) is 11.0 Å². The number of fused-ring (bicyclic) bond motifs is 1. The van der Waals surface area contributed by atoms with Crippen LogP contribution in [-0.2, 0) is 7.05 Å². The smallest absolute Gasteiger partial charge is 0.253 e. The topological polar surface area (TPSA) is 61.9 Å². The fraction of sp³-hybridized carbons (Fsp3) is 0.500. The summed E-state index contributed by atoms with van der Waals surface area (Å²) in [6, 6.07) is 7.76. The molecule has 5 nitrogen and oxygen atoms in total. The molecule has 0 spiro atoms. The Morgan fingerprint density at radius 1 is 1.39 bits per heavy atom. The van der Waals surface area contributed by atoms with E-state index in [1.54, 1.807) is 4.90 Å². The molecule has 1 amide bonds. The first-order valence-corrected chi connectivity index (χ1v) is 8.03. The van der Waals surface area contributed by atoms with E-state index in [4.69, 9.17) is 5.26 Å². The third kappa shape index (κ3) is 3.89. The average molecular weight is 312 g/mol. The summed E-state index contributed by atoms with van der Waals surface area (Å²) in [5.74, 6) is 1.42. The Hall–Kier alpha value is -2.35. The lowest BCUT2D eigenvalue weighted by Gasteiger charge is -2.22. The maximum atomic E-state index is 12.8. The van der Waals surface area contributed by atoms with Gasteiger partial charge in [0.15, 0.2) is 0 Å². The first kappa shape index (κ1) is 17.0. The summed E-state index contributed by atoms with van der Waals surface area (Å²) < 4.78 is 2.01. The molecule has 0 aliphatic heterocycles. The zero-order chi connectivity index (χ0) is 17.0. The van der Waals surface area contributed by atoms with E-state index in [0.717, 1.165) is 23.3 Å². The van der Waals surface area contributed by atoms with Crippen molar-refractivity contribution in [2.45, 2.75) is 33.6 Å². The molecule has 0 unspecified atom stereocenters. The number of aromatic nitrogens is 2. The normalized spacial score (nSPS) is 11.0. The summed E-state index contributed by atoms with van der Waals surface area (Å²) in [6.45, 7) is 7.37. The van der Waals surface area contributed by atoms with Gasteiger partial charge in [0.05, 0.1) is 23.5 Å². The highest BCUT2D eigenvalue weighted by Gasteiger charge is 2.17. The molecule has 5 heteroatoms. The van der Waals surface area contributed by atoms with Crippen molar-refractivity contribution in [2.24, 2.45) is 13.0 Å². The zero-order valence-electron chi connectivity index (χ0n) is 14.3. The Kier molecular flexibility index (Phi) is 5.38. The van der Waals surface area contributed by atoms with Gasteiger partial charge in [-0.25, -0.2) is 4.98 Å². The van der Waals surface area contributed by atoms with Crippen LogP contribution in [0.1, 0.15) is 42.9 Å². The summed E-state index contributed by atoms with van der Waals surface area (Å²) in [6.07, 6.45) is 1.29. The first-order chi connectivity index (χ1) is 10.9. The third-order valence-electron chi connectivity index (χ3n) is 4.11. The third-order valence-corrected chi connectivity index (χ3v) is 4.11. The van der Waals surface area contributed by atoms with E-state index >= 15 is 0 Å². The van der Waals surface area contributed by atoms with Crippen LogP contribution in [0.5, 0.6) is 0 Å². The van der Waals surface area contributed by atoms with E-state index in [1.165, 1.54) is 0 Å². The van der Waals surface area contributed by atoms with Crippen molar-refractivity contribution >= 4 is 16.9 Å². The van der Waals surface area contributed by atoms with Crippen molar-refractivity contribution in [2.75, 3.05) is 13.1 Å². The van der Waals surface area contributed by atoms with Gasteiger partial charge in [-0.3, -0.25) is 4.79 Å². The van der Waals surface area contributed by atoms with Crippen molar-refractivity contribution < 1.29 is 4.79 Å². The molecule has 122 valence electrons. The molecule has 23 heavy (non-hydrogen) atoms. The number of hydrogen-bond acceptors (Lipinski definition) is 3. The lowest BCUT2D eigenvalue weighted by atomic mass is 10.1. The number of hydrogen-bond donors (Lipinski definition) is 0. The predicted octanol–water partition coefficient (Wildman–Crippen LogP) is 3.28.